The Balaban J connectivity index is 2.51. The van der Waals surface area contributed by atoms with Crippen molar-refractivity contribution < 1.29 is 14.7 Å². The van der Waals surface area contributed by atoms with Crippen molar-refractivity contribution in [2.75, 3.05) is 0 Å². The quantitative estimate of drug-likeness (QED) is 0.742. The van der Waals surface area contributed by atoms with Gasteiger partial charge in [-0.25, -0.2) is 0 Å². The molecule has 0 aromatic heterocycles. The van der Waals surface area contributed by atoms with Gasteiger partial charge in [0.2, 0.25) is 5.91 Å². The van der Waals surface area contributed by atoms with Crippen molar-refractivity contribution >= 4 is 27.8 Å². The maximum atomic E-state index is 11.8. The zero-order chi connectivity index (χ0) is 14.4. The van der Waals surface area contributed by atoms with E-state index in [9.17, 15) is 9.59 Å². The molecule has 1 amide bonds. The van der Waals surface area contributed by atoms with Crippen LogP contribution in [0.4, 0.5) is 0 Å². The average molecular weight is 329 g/mol. The van der Waals surface area contributed by atoms with Gasteiger partial charge in [0.05, 0.1) is 12.1 Å². The van der Waals surface area contributed by atoms with E-state index in [2.05, 4.69) is 21.2 Å². The lowest BCUT2D eigenvalue weighted by Crippen LogP contribution is -2.41. The van der Waals surface area contributed by atoms with Crippen LogP contribution in [-0.4, -0.2) is 23.0 Å². The van der Waals surface area contributed by atoms with E-state index in [0.29, 0.717) is 0 Å². The SMILES string of the molecule is CC(NC(=O)C(N)CCC(=O)O)c1ccc(Br)cc1. The fraction of sp³-hybridized carbons (Fsp3) is 0.385. The van der Waals surface area contributed by atoms with E-state index in [0.717, 1.165) is 10.0 Å². The van der Waals surface area contributed by atoms with Crippen molar-refractivity contribution in [3.05, 3.63) is 34.3 Å². The summed E-state index contributed by atoms with van der Waals surface area (Å²) >= 11 is 3.34. The normalized spacial score (nSPS) is 13.6. The van der Waals surface area contributed by atoms with Gasteiger partial charge in [-0.3, -0.25) is 9.59 Å². The van der Waals surface area contributed by atoms with E-state index in [4.69, 9.17) is 10.8 Å². The first-order chi connectivity index (χ1) is 8.90. The molecule has 0 saturated heterocycles. The second-order valence-electron chi connectivity index (χ2n) is 4.32. The number of amides is 1. The second kappa shape index (κ2) is 7.25. The molecule has 0 saturated carbocycles. The molecule has 1 aromatic carbocycles. The number of carbonyl (C=O) groups is 2. The van der Waals surface area contributed by atoms with Gasteiger partial charge in [0.1, 0.15) is 0 Å². The molecular weight excluding hydrogens is 312 g/mol. The Bertz CT molecular complexity index is 448. The molecule has 0 fully saturated rings. The minimum atomic E-state index is -0.954. The Hall–Kier alpha value is -1.40. The molecule has 0 aliphatic carbocycles. The predicted molar refractivity (Wildman–Crippen MR) is 75.5 cm³/mol. The van der Waals surface area contributed by atoms with E-state index >= 15 is 0 Å². The Morgan fingerprint density at radius 1 is 1.37 bits per heavy atom. The molecule has 0 spiro atoms. The summed E-state index contributed by atoms with van der Waals surface area (Å²) < 4.78 is 0.966. The number of carboxylic acid groups (broad SMARTS) is 1. The Labute approximate surface area is 120 Å². The fourth-order valence-electron chi connectivity index (χ4n) is 1.57. The lowest BCUT2D eigenvalue weighted by Gasteiger charge is -2.17. The molecule has 2 unspecified atom stereocenters. The molecule has 5 nitrogen and oxygen atoms in total. The number of rotatable bonds is 6. The smallest absolute Gasteiger partial charge is 0.303 e. The molecule has 19 heavy (non-hydrogen) atoms. The Morgan fingerprint density at radius 2 is 1.95 bits per heavy atom. The first kappa shape index (κ1) is 15.7. The Morgan fingerprint density at radius 3 is 2.47 bits per heavy atom. The van der Waals surface area contributed by atoms with E-state index in [1.807, 2.05) is 31.2 Å². The lowest BCUT2D eigenvalue weighted by molar-refractivity contribution is -0.137. The summed E-state index contributed by atoms with van der Waals surface area (Å²) in [6.07, 6.45) is 0.0233. The molecule has 0 heterocycles. The van der Waals surface area contributed by atoms with Crippen LogP contribution in [0, 0.1) is 0 Å². The third-order valence-electron chi connectivity index (χ3n) is 2.73. The number of aliphatic carboxylic acids is 1. The summed E-state index contributed by atoms with van der Waals surface area (Å²) in [5.41, 5.74) is 6.59. The third kappa shape index (κ3) is 5.40. The van der Waals surface area contributed by atoms with Crippen LogP contribution >= 0.6 is 15.9 Å². The predicted octanol–water partition coefficient (Wildman–Crippen LogP) is 1.82. The van der Waals surface area contributed by atoms with Crippen molar-refractivity contribution in [3.63, 3.8) is 0 Å². The summed E-state index contributed by atoms with van der Waals surface area (Å²) in [5.74, 6) is -1.29. The average Bonchev–Trinajstić information content (AvgIpc) is 2.36. The van der Waals surface area contributed by atoms with Gasteiger partial charge in [-0.2, -0.15) is 0 Å². The zero-order valence-electron chi connectivity index (χ0n) is 10.6. The minimum Gasteiger partial charge on any atom is -0.481 e. The standard InChI is InChI=1S/C13H17BrN2O3/c1-8(9-2-4-10(14)5-3-9)16-13(19)11(15)6-7-12(17)18/h2-5,8,11H,6-7,15H2,1H3,(H,16,19)(H,17,18). The molecule has 0 bridgehead atoms. The lowest BCUT2D eigenvalue weighted by atomic mass is 10.1. The van der Waals surface area contributed by atoms with Gasteiger partial charge in [-0.1, -0.05) is 28.1 Å². The zero-order valence-corrected chi connectivity index (χ0v) is 12.2. The summed E-state index contributed by atoms with van der Waals surface area (Å²) in [6, 6.07) is 6.62. The molecule has 0 aliphatic heterocycles. The van der Waals surface area contributed by atoms with Crippen LogP contribution in [0.25, 0.3) is 0 Å². The molecule has 1 aromatic rings. The number of carbonyl (C=O) groups excluding carboxylic acids is 1. The van der Waals surface area contributed by atoms with Gasteiger partial charge in [0.15, 0.2) is 0 Å². The monoisotopic (exact) mass is 328 g/mol. The highest BCUT2D eigenvalue weighted by atomic mass is 79.9. The van der Waals surface area contributed by atoms with Crippen LogP contribution in [0.5, 0.6) is 0 Å². The van der Waals surface area contributed by atoms with E-state index in [-0.39, 0.29) is 24.8 Å². The van der Waals surface area contributed by atoms with Gasteiger partial charge in [0, 0.05) is 10.9 Å². The minimum absolute atomic E-state index is 0.110. The summed E-state index contributed by atoms with van der Waals surface area (Å²) in [6.45, 7) is 1.85. The van der Waals surface area contributed by atoms with Crippen molar-refractivity contribution in [1.82, 2.24) is 5.32 Å². The van der Waals surface area contributed by atoms with Crippen molar-refractivity contribution in [2.24, 2.45) is 5.73 Å². The number of nitrogens with one attached hydrogen (secondary N) is 1. The van der Waals surface area contributed by atoms with Gasteiger partial charge < -0.3 is 16.2 Å². The van der Waals surface area contributed by atoms with Gasteiger partial charge in [-0.05, 0) is 31.0 Å². The van der Waals surface area contributed by atoms with Crippen molar-refractivity contribution in [3.8, 4) is 0 Å². The fourth-order valence-corrected chi connectivity index (χ4v) is 1.83. The van der Waals surface area contributed by atoms with Crippen LogP contribution in [0.1, 0.15) is 31.4 Å². The van der Waals surface area contributed by atoms with E-state index in [1.54, 1.807) is 0 Å². The van der Waals surface area contributed by atoms with Gasteiger partial charge in [-0.15, -0.1) is 0 Å². The number of hydrogen-bond donors (Lipinski definition) is 3. The van der Waals surface area contributed by atoms with Gasteiger partial charge >= 0.3 is 5.97 Å². The van der Waals surface area contributed by atoms with Crippen LogP contribution in [-0.2, 0) is 9.59 Å². The van der Waals surface area contributed by atoms with Crippen molar-refractivity contribution in [1.29, 1.82) is 0 Å². The number of nitrogens with two attached hydrogens (primary N) is 1. The summed E-state index contributed by atoms with van der Waals surface area (Å²) in [7, 11) is 0. The molecule has 104 valence electrons. The number of carboxylic acids is 1. The highest BCUT2D eigenvalue weighted by Gasteiger charge is 2.17. The highest BCUT2D eigenvalue weighted by molar-refractivity contribution is 9.10. The number of benzene rings is 1. The Kier molecular flexibility index (Phi) is 5.98. The molecular formula is C13H17BrN2O3. The second-order valence-corrected chi connectivity index (χ2v) is 5.24. The molecule has 1 rings (SSSR count). The summed E-state index contributed by atoms with van der Waals surface area (Å²) in [4.78, 5) is 22.2. The summed E-state index contributed by atoms with van der Waals surface area (Å²) in [5, 5.41) is 11.3. The van der Waals surface area contributed by atoms with Crippen LogP contribution in [0.15, 0.2) is 28.7 Å². The number of halogens is 1. The first-order valence-corrected chi connectivity index (χ1v) is 6.72. The molecule has 4 N–H and O–H groups in total. The maximum Gasteiger partial charge on any atom is 0.303 e. The van der Waals surface area contributed by atoms with Crippen molar-refractivity contribution in [2.45, 2.75) is 31.8 Å². The van der Waals surface area contributed by atoms with E-state index in [1.165, 1.54) is 0 Å². The topological polar surface area (TPSA) is 92.4 Å². The van der Waals surface area contributed by atoms with E-state index < -0.39 is 12.0 Å². The third-order valence-corrected chi connectivity index (χ3v) is 3.26. The molecule has 2 atom stereocenters. The maximum absolute atomic E-state index is 11.8. The molecule has 0 aliphatic rings. The van der Waals surface area contributed by atoms with Crippen LogP contribution in [0.2, 0.25) is 0 Å². The highest BCUT2D eigenvalue weighted by Crippen LogP contribution is 2.16. The number of hydrogen-bond acceptors (Lipinski definition) is 3. The van der Waals surface area contributed by atoms with Crippen LogP contribution in [0.3, 0.4) is 0 Å². The first-order valence-electron chi connectivity index (χ1n) is 5.93. The van der Waals surface area contributed by atoms with Gasteiger partial charge in [0.25, 0.3) is 0 Å². The molecule has 6 heteroatoms. The molecule has 0 radical (unpaired) electrons. The van der Waals surface area contributed by atoms with Crippen LogP contribution < -0.4 is 11.1 Å². The largest absolute Gasteiger partial charge is 0.481 e.